The van der Waals surface area contributed by atoms with Crippen molar-refractivity contribution in [2.24, 2.45) is 0 Å². The monoisotopic (exact) mass is 152 g/mol. The standard InChI is InChI=1S/C7H14F2O/c1-6(7(2,3)9)10-5-4-8/h6H,4-5H2,1-3H3. The molecule has 62 valence electrons. The predicted octanol–water partition coefficient (Wildman–Crippen LogP) is 2.11. The summed E-state index contributed by atoms with van der Waals surface area (Å²) in [5.74, 6) is 0. The fourth-order valence-corrected chi connectivity index (χ4v) is 0.419. The molecule has 0 aliphatic carbocycles. The van der Waals surface area contributed by atoms with E-state index in [9.17, 15) is 8.78 Å². The van der Waals surface area contributed by atoms with Crippen LogP contribution in [-0.2, 0) is 4.74 Å². The Balaban J connectivity index is 3.52. The number of halogens is 2. The van der Waals surface area contributed by atoms with E-state index in [2.05, 4.69) is 0 Å². The smallest absolute Gasteiger partial charge is 0.131 e. The van der Waals surface area contributed by atoms with Crippen molar-refractivity contribution in [3.8, 4) is 0 Å². The molecular weight excluding hydrogens is 138 g/mol. The van der Waals surface area contributed by atoms with Gasteiger partial charge in [0.2, 0.25) is 0 Å². The van der Waals surface area contributed by atoms with E-state index >= 15 is 0 Å². The molecule has 0 aliphatic heterocycles. The van der Waals surface area contributed by atoms with E-state index < -0.39 is 18.4 Å². The van der Waals surface area contributed by atoms with Gasteiger partial charge in [0.15, 0.2) is 0 Å². The van der Waals surface area contributed by atoms with Crippen LogP contribution in [0, 0.1) is 0 Å². The van der Waals surface area contributed by atoms with Crippen LogP contribution in [0.2, 0.25) is 0 Å². The zero-order valence-corrected chi connectivity index (χ0v) is 6.66. The maximum absolute atomic E-state index is 12.9. The van der Waals surface area contributed by atoms with Crippen molar-refractivity contribution in [2.75, 3.05) is 13.3 Å². The average Bonchev–Trinajstić information content (AvgIpc) is 1.80. The number of hydrogen-bond donors (Lipinski definition) is 0. The van der Waals surface area contributed by atoms with E-state index in [1.165, 1.54) is 13.8 Å². The molecule has 0 radical (unpaired) electrons. The lowest BCUT2D eigenvalue weighted by Gasteiger charge is -2.22. The van der Waals surface area contributed by atoms with Gasteiger partial charge in [-0.25, -0.2) is 8.78 Å². The van der Waals surface area contributed by atoms with Crippen molar-refractivity contribution >= 4 is 0 Å². The zero-order chi connectivity index (χ0) is 8.20. The first-order valence-electron chi connectivity index (χ1n) is 3.35. The minimum absolute atomic E-state index is 0.0193. The second-order valence-corrected chi connectivity index (χ2v) is 2.77. The summed E-state index contributed by atoms with van der Waals surface area (Å²) < 4.78 is 29.2. The van der Waals surface area contributed by atoms with Crippen LogP contribution in [0.5, 0.6) is 0 Å². The third-order valence-electron chi connectivity index (χ3n) is 1.41. The molecule has 0 heterocycles. The van der Waals surface area contributed by atoms with Gasteiger partial charge in [0.05, 0.1) is 12.7 Å². The van der Waals surface area contributed by atoms with Gasteiger partial charge in [0, 0.05) is 0 Å². The molecule has 3 heteroatoms. The maximum Gasteiger partial charge on any atom is 0.131 e. The van der Waals surface area contributed by atoms with Crippen LogP contribution in [-0.4, -0.2) is 25.1 Å². The van der Waals surface area contributed by atoms with Gasteiger partial charge in [0.25, 0.3) is 0 Å². The van der Waals surface area contributed by atoms with E-state index in [1.54, 1.807) is 6.92 Å². The minimum Gasteiger partial charge on any atom is -0.372 e. The normalized spacial score (nSPS) is 15.3. The molecule has 0 fully saturated rings. The lowest BCUT2D eigenvalue weighted by molar-refractivity contribution is -0.0355. The van der Waals surface area contributed by atoms with Crippen LogP contribution in [0.1, 0.15) is 20.8 Å². The van der Waals surface area contributed by atoms with E-state index in [4.69, 9.17) is 4.74 Å². The second kappa shape index (κ2) is 3.86. The van der Waals surface area contributed by atoms with Crippen molar-refractivity contribution in [3.05, 3.63) is 0 Å². The molecule has 0 bridgehead atoms. The highest BCUT2D eigenvalue weighted by atomic mass is 19.1. The van der Waals surface area contributed by atoms with E-state index in [1.807, 2.05) is 0 Å². The van der Waals surface area contributed by atoms with Gasteiger partial charge in [0.1, 0.15) is 12.3 Å². The molecule has 0 N–H and O–H groups in total. The summed E-state index contributed by atoms with van der Waals surface area (Å²) in [7, 11) is 0. The lowest BCUT2D eigenvalue weighted by Crippen LogP contribution is -2.31. The van der Waals surface area contributed by atoms with Gasteiger partial charge in [-0.05, 0) is 20.8 Å². The van der Waals surface area contributed by atoms with Crippen molar-refractivity contribution in [1.29, 1.82) is 0 Å². The highest BCUT2D eigenvalue weighted by Gasteiger charge is 2.25. The van der Waals surface area contributed by atoms with Gasteiger partial charge in [-0.3, -0.25) is 0 Å². The van der Waals surface area contributed by atoms with Crippen LogP contribution < -0.4 is 0 Å². The Morgan fingerprint density at radius 2 is 2.00 bits per heavy atom. The van der Waals surface area contributed by atoms with Crippen LogP contribution in [0.25, 0.3) is 0 Å². The molecule has 0 rings (SSSR count). The Morgan fingerprint density at radius 1 is 1.50 bits per heavy atom. The van der Waals surface area contributed by atoms with Crippen molar-refractivity contribution < 1.29 is 13.5 Å². The molecule has 0 aromatic carbocycles. The van der Waals surface area contributed by atoms with Crippen molar-refractivity contribution in [2.45, 2.75) is 32.5 Å². The van der Waals surface area contributed by atoms with Crippen molar-refractivity contribution in [1.82, 2.24) is 0 Å². The topological polar surface area (TPSA) is 9.23 Å². The summed E-state index contributed by atoms with van der Waals surface area (Å²) in [6, 6.07) is 0. The fraction of sp³-hybridized carbons (Fsp3) is 1.00. The summed E-state index contributed by atoms with van der Waals surface area (Å²) in [6.45, 7) is 3.84. The molecule has 10 heavy (non-hydrogen) atoms. The highest BCUT2D eigenvalue weighted by molar-refractivity contribution is 4.73. The van der Waals surface area contributed by atoms with Gasteiger partial charge >= 0.3 is 0 Å². The third-order valence-corrected chi connectivity index (χ3v) is 1.41. The van der Waals surface area contributed by atoms with Gasteiger partial charge < -0.3 is 4.74 Å². The van der Waals surface area contributed by atoms with Crippen molar-refractivity contribution in [3.63, 3.8) is 0 Å². The molecule has 0 saturated carbocycles. The Bertz CT molecular complexity index is 88.1. The molecular formula is C7H14F2O. The first-order valence-corrected chi connectivity index (χ1v) is 3.35. The summed E-state index contributed by atoms with van der Waals surface area (Å²) in [4.78, 5) is 0. The Hall–Kier alpha value is -0.180. The SMILES string of the molecule is CC(OCCF)C(C)(C)F. The zero-order valence-electron chi connectivity index (χ0n) is 6.66. The van der Waals surface area contributed by atoms with E-state index in [-0.39, 0.29) is 6.61 Å². The van der Waals surface area contributed by atoms with Crippen LogP contribution >= 0.6 is 0 Å². The summed E-state index contributed by atoms with van der Waals surface area (Å²) in [6.07, 6.45) is -0.539. The Morgan fingerprint density at radius 3 is 2.30 bits per heavy atom. The Kier molecular flexibility index (Phi) is 3.79. The first kappa shape index (κ1) is 9.82. The van der Waals surface area contributed by atoms with Crippen LogP contribution in [0.4, 0.5) is 8.78 Å². The van der Waals surface area contributed by atoms with Crippen LogP contribution in [0.15, 0.2) is 0 Å². The molecule has 1 atom stereocenters. The molecule has 0 saturated heterocycles. The number of alkyl halides is 2. The molecule has 1 unspecified atom stereocenters. The molecule has 0 spiro atoms. The molecule has 0 aromatic rings. The highest BCUT2D eigenvalue weighted by Crippen LogP contribution is 2.16. The molecule has 0 aromatic heterocycles. The van der Waals surface area contributed by atoms with E-state index in [0.717, 1.165) is 0 Å². The lowest BCUT2D eigenvalue weighted by atomic mass is 10.1. The maximum atomic E-state index is 12.9. The van der Waals surface area contributed by atoms with E-state index in [0.29, 0.717) is 0 Å². The third kappa shape index (κ3) is 3.77. The molecule has 0 amide bonds. The Labute approximate surface area is 60.4 Å². The van der Waals surface area contributed by atoms with Gasteiger partial charge in [-0.1, -0.05) is 0 Å². The summed E-state index contributed by atoms with van der Waals surface area (Å²) in [5.41, 5.74) is -1.38. The first-order chi connectivity index (χ1) is 4.48. The van der Waals surface area contributed by atoms with Gasteiger partial charge in [-0.2, -0.15) is 0 Å². The second-order valence-electron chi connectivity index (χ2n) is 2.77. The molecule has 0 aliphatic rings. The minimum atomic E-state index is -1.38. The predicted molar refractivity (Wildman–Crippen MR) is 36.6 cm³/mol. The van der Waals surface area contributed by atoms with Crippen LogP contribution in [0.3, 0.4) is 0 Å². The fourth-order valence-electron chi connectivity index (χ4n) is 0.419. The molecule has 1 nitrogen and oxygen atoms in total. The largest absolute Gasteiger partial charge is 0.372 e. The summed E-state index contributed by atoms with van der Waals surface area (Å²) in [5, 5.41) is 0. The number of hydrogen-bond acceptors (Lipinski definition) is 1. The number of ether oxygens (including phenoxy) is 1. The quantitative estimate of drug-likeness (QED) is 0.599. The number of rotatable bonds is 4. The average molecular weight is 152 g/mol. The summed E-state index contributed by atoms with van der Waals surface area (Å²) >= 11 is 0. The van der Waals surface area contributed by atoms with Gasteiger partial charge in [-0.15, -0.1) is 0 Å².